The molecule has 1 saturated carbocycles. The van der Waals surface area contributed by atoms with Gasteiger partial charge in [-0.05, 0) is 18.9 Å². The fourth-order valence-corrected chi connectivity index (χ4v) is 1.34. The van der Waals surface area contributed by atoms with E-state index >= 15 is 0 Å². The Bertz CT molecular complexity index is 457. The Morgan fingerprint density at radius 3 is 2.69 bits per heavy atom. The summed E-state index contributed by atoms with van der Waals surface area (Å²) in [5.41, 5.74) is -0.241. The molecule has 1 amide bonds. The molecule has 0 atom stereocenters. The maximum absolute atomic E-state index is 13.0. The van der Waals surface area contributed by atoms with E-state index in [9.17, 15) is 19.3 Å². The third-order valence-electron chi connectivity index (χ3n) is 2.31. The summed E-state index contributed by atoms with van der Waals surface area (Å²) in [4.78, 5) is 21.1. The zero-order valence-corrected chi connectivity index (χ0v) is 8.27. The molecular formula is C10H9FN2O3. The lowest BCUT2D eigenvalue weighted by atomic mass is 10.2. The van der Waals surface area contributed by atoms with Crippen molar-refractivity contribution in [2.75, 3.05) is 5.32 Å². The molecule has 1 aliphatic carbocycles. The molecule has 1 aliphatic rings. The molecule has 0 aromatic heterocycles. The number of rotatable bonds is 3. The quantitative estimate of drug-likeness (QED) is 0.631. The molecule has 1 fully saturated rings. The minimum Gasteiger partial charge on any atom is -0.325 e. The lowest BCUT2D eigenvalue weighted by Crippen LogP contribution is -2.13. The zero-order chi connectivity index (χ0) is 11.7. The Labute approximate surface area is 90.4 Å². The maximum atomic E-state index is 13.0. The van der Waals surface area contributed by atoms with E-state index in [1.165, 1.54) is 0 Å². The van der Waals surface area contributed by atoms with Crippen molar-refractivity contribution in [2.45, 2.75) is 12.8 Å². The average molecular weight is 224 g/mol. The summed E-state index contributed by atoms with van der Waals surface area (Å²) in [6, 6.07) is 3.02. The van der Waals surface area contributed by atoms with Gasteiger partial charge in [0.05, 0.1) is 16.7 Å². The van der Waals surface area contributed by atoms with Crippen molar-refractivity contribution in [1.29, 1.82) is 0 Å². The van der Waals surface area contributed by atoms with Gasteiger partial charge in [0.1, 0.15) is 5.82 Å². The minimum absolute atomic E-state index is 0.0256. The van der Waals surface area contributed by atoms with E-state index < -0.39 is 10.7 Å². The van der Waals surface area contributed by atoms with Crippen LogP contribution in [0.15, 0.2) is 18.2 Å². The SMILES string of the molecule is O=C(Nc1cc(F)cc([N+](=O)[O-])c1)C1CC1. The van der Waals surface area contributed by atoms with Gasteiger partial charge in [0.25, 0.3) is 5.69 Å². The Morgan fingerprint density at radius 1 is 1.44 bits per heavy atom. The Kier molecular flexibility index (Phi) is 2.55. The van der Waals surface area contributed by atoms with E-state index in [1.807, 2.05) is 0 Å². The van der Waals surface area contributed by atoms with Gasteiger partial charge in [-0.1, -0.05) is 0 Å². The van der Waals surface area contributed by atoms with Crippen LogP contribution in [0.25, 0.3) is 0 Å². The van der Waals surface area contributed by atoms with E-state index in [2.05, 4.69) is 5.32 Å². The summed E-state index contributed by atoms with van der Waals surface area (Å²) >= 11 is 0. The third kappa shape index (κ3) is 2.33. The number of nitrogens with zero attached hydrogens (tertiary/aromatic N) is 1. The van der Waals surface area contributed by atoms with E-state index in [0.717, 1.165) is 31.0 Å². The van der Waals surface area contributed by atoms with Gasteiger partial charge in [0.2, 0.25) is 5.91 Å². The summed E-state index contributed by atoms with van der Waals surface area (Å²) in [6.45, 7) is 0. The first-order valence-corrected chi connectivity index (χ1v) is 4.82. The maximum Gasteiger partial charge on any atom is 0.274 e. The number of benzene rings is 1. The smallest absolute Gasteiger partial charge is 0.274 e. The highest BCUT2D eigenvalue weighted by Gasteiger charge is 2.29. The number of carbonyl (C=O) groups excluding carboxylic acids is 1. The number of non-ortho nitro benzene ring substituents is 1. The van der Waals surface area contributed by atoms with Gasteiger partial charge < -0.3 is 5.32 Å². The van der Waals surface area contributed by atoms with Crippen LogP contribution in [0.5, 0.6) is 0 Å². The van der Waals surface area contributed by atoms with Crippen molar-refractivity contribution in [1.82, 2.24) is 0 Å². The number of carbonyl (C=O) groups is 1. The molecule has 0 heterocycles. The molecule has 1 aromatic rings. The number of amides is 1. The van der Waals surface area contributed by atoms with Gasteiger partial charge in [-0.3, -0.25) is 14.9 Å². The molecule has 0 spiro atoms. The van der Waals surface area contributed by atoms with Gasteiger partial charge in [-0.25, -0.2) is 4.39 Å². The van der Waals surface area contributed by atoms with Crippen LogP contribution in [0.2, 0.25) is 0 Å². The summed E-state index contributed by atoms with van der Waals surface area (Å²) in [7, 11) is 0. The first-order chi connectivity index (χ1) is 7.56. The van der Waals surface area contributed by atoms with Gasteiger partial charge in [-0.15, -0.1) is 0 Å². The fourth-order valence-electron chi connectivity index (χ4n) is 1.34. The number of nitro groups is 1. The molecule has 6 heteroatoms. The van der Waals surface area contributed by atoms with Crippen molar-refractivity contribution in [2.24, 2.45) is 5.92 Å². The molecule has 1 N–H and O–H groups in total. The normalized spacial score (nSPS) is 14.6. The van der Waals surface area contributed by atoms with Crippen LogP contribution in [0, 0.1) is 21.8 Å². The standard InChI is InChI=1S/C10H9FN2O3/c11-7-3-8(5-9(4-7)13(15)16)12-10(14)6-1-2-6/h3-6H,1-2H2,(H,12,14). The predicted octanol–water partition coefficient (Wildman–Crippen LogP) is 2.08. The summed E-state index contributed by atoms with van der Waals surface area (Å²) in [5, 5.41) is 12.9. The van der Waals surface area contributed by atoms with E-state index in [-0.39, 0.29) is 23.2 Å². The van der Waals surface area contributed by atoms with Crippen LogP contribution in [0.1, 0.15) is 12.8 Å². The fraction of sp³-hybridized carbons (Fsp3) is 0.300. The molecule has 16 heavy (non-hydrogen) atoms. The second-order valence-electron chi connectivity index (χ2n) is 3.72. The van der Waals surface area contributed by atoms with Crippen molar-refractivity contribution in [3.05, 3.63) is 34.1 Å². The first-order valence-electron chi connectivity index (χ1n) is 4.82. The van der Waals surface area contributed by atoms with Gasteiger partial charge in [0, 0.05) is 12.0 Å². The molecule has 0 saturated heterocycles. The molecule has 5 nitrogen and oxygen atoms in total. The van der Waals surface area contributed by atoms with Crippen LogP contribution in [0.4, 0.5) is 15.8 Å². The summed E-state index contributed by atoms with van der Waals surface area (Å²) in [5.74, 6) is -0.970. The first kappa shape index (κ1) is 10.5. The molecule has 1 aromatic carbocycles. The summed E-state index contributed by atoms with van der Waals surface area (Å²) < 4.78 is 13.0. The van der Waals surface area contributed by atoms with Crippen LogP contribution in [-0.4, -0.2) is 10.8 Å². The monoisotopic (exact) mass is 224 g/mol. The average Bonchev–Trinajstić information content (AvgIpc) is 2.99. The lowest BCUT2D eigenvalue weighted by molar-refractivity contribution is -0.385. The van der Waals surface area contributed by atoms with Crippen molar-refractivity contribution < 1.29 is 14.1 Å². The molecule has 2 rings (SSSR count). The largest absolute Gasteiger partial charge is 0.325 e. The van der Waals surface area contributed by atoms with Crippen molar-refractivity contribution >= 4 is 17.3 Å². The Balaban J connectivity index is 2.19. The highest BCUT2D eigenvalue weighted by Crippen LogP contribution is 2.30. The number of hydrogen-bond donors (Lipinski definition) is 1. The van der Waals surface area contributed by atoms with Gasteiger partial charge >= 0.3 is 0 Å². The predicted molar refractivity (Wildman–Crippen MR) is 54.4 cm³/mol. The van der Waals surface area contributed by atoms with E-state index in [4.69, 9.17) is 0 Å². The van der Waals surface area contributed by atoms with Crippen LogP contribution >= 0.6 is 0 Å². The van der Waals surface area contributed by atoms with Crippen LogP contribution in [0.3, 0.4) is 0 Å². The van der Waals surface area contributed by atoms with E-state index in [0.29, 0.717) is 0 Å². The van der Waals surface area contributed by atoms with Crippen LogP contribution < -0.4 is 5.32 Å². The molecular weight excluding hydrogens is 215 g/mol. The highest BCUT2D eigenvalue weighted by molar-refractivity contribution is 5.94. The van der Waals surface area contributed by atoms with Crippen LogP contribution in [-0.2, 0) is 4.79 Å². The molecule has 0 unspecified atom stereocenters. The van der Waals surface area contributed by atoms with E-state index in [1.54, 1.807) is 0 Å². The highest BCUT2D eigenvalue weighted by atomic mass is 19.1. The zero-order valence-electron chi connectivity index (χ0n) is 8.27. The van der Waals surface area contributed by atoms with Crippen molar-refractivity contribution in [3.8, 4) is 0 Å². The number of anilines is 1. The third-order valence-corrected chi connectivity index (χ3v) is 2.31. The lowest BCUT2D eigenvalue weighted by Gasteiger charge is -2.03. The second-order valence-corrected chi connectivity index (χ2v) is 3.72. The van der Waals surface area contributed by atoms with Gasteiger partial charge in [-0.2, -0.15) is 0 Å². The van der Waals surface area contributed by atoms with Gasteiger partial charge in [0.15, 0.2) is 0 Å². The topological polar surface area (TPSA) is 72.2 Å². The second kappa shape index (κ2) is 3.88. The molecule has 0 aliphatic heterocycles. The molecule has 0 radical (unpaired) electrons. The molecule has 84 valence electrons. The number of halogens is 1. The molecule has 0 bridgehead atoms. The van der Waals surface area contributed by atoms with Crippen molar-refractivity contribution in [3.63, 3.8) is 0 Å². The number of nitrogens with one attached hydrogen (secondary N) is 1. The minimum atomic E-state index is -0.736. The number of hydrogen-bond acceptors (Lipinski definition) is 3. The summed E-state index contributed by atoms with van der Waals surface area (Å²) in [6.07, 6.45) is 1.65. The Morgan fingerprint density at radius 2 is 2.12 bits per heavy atom. The Hall–Kier alpha value is -1.98. The number of nitro benzene ring substituents is 1.